The van der Waals surface area contributed by atoms with E-state index in [4.69, 9.17) is 5.11 Å². The molecule has 0 aliphatic heterocycles. The molecule has 0 atom stereocenters. The third-order valence-electron chi connectivity index (χ3n) is 2.50. The summed E-state index contributed by atoms with van der Waals surface area (Å²) in [6, 6.07) is 7.79. The molecular weight excluding hydrogens is 254 g/mol. The molecule has 1 aromatic carbocycles. The molecule has 0 aliphatic carbocycles. The van der Waals surface area contributed by atoms with Gasteiger partial charge < -0.3 is 5.11 Å². The van der Waals surface area contributed by atoms with Crippen LogP contribution in [0.3, 0.4) is 0 Å². The van der Waals surface area contributed by atoms with Gasteiger partial charge in [-0.1, -0.05) is 12.1 Å². The first-order chi connectivity index (χ1) is 8.50. The lowest BCUT2D eigenvalue weighted by atomic mass is 10.2. The Morgan fingerprint density at radius 3 is 2.50 bits per heavy atom. The SMILES string of the molecule is CN(Cc1ccc(O)cc1)S(=O)(=O)c1ccn[nH]1. The predicted molar refractivity (Wildman–Crippen MR) is 65.3 cm³/mol. The number of hydrogen-bond donors (Lipinski definition) is 2. The second-order valence-electron chi connectivity index (χ2n) is 3.85. The Kier molecular flexibility index (Phi) is 3.35. The maximum Gasteiger partial charge on any atom is 0.260 e. The van der Waals surface area contributed by atoms with E-state index >= 15 is 0 Å². The van der Waals surface area contributed by atoms with Crippen LogP contribution in [0.25, 0.3) is 0 Å². The van der Waals surface area contributed by atoms with Gasteiger partial charge in [0.15, 0.2) is 5.03 Å². The number of aromatic hydroxyl groups is 1. The van der Waals surface area contributed by atoms with Gasteiger partial charge in [0, 0.05) is 13.6 Å². The van der Waals surface area contributed by atoms with Gasteiger partial charge in [-0.05, 0) is 23.8 Å². The molecule has 96 valence electrons. The summed E-state index contributed by atoms with van der Waals surface area (Å²) in [6.45, 7) is 0.224. The van der Waals surface area contributed by atoms with Crippen LogP contribution in [0.1, 0.15) is 5.56 Å². The van der Waals surface area contributed by atoms with Gasteiger partial charge in [-0.15, -0.1) is 0 Å². The first kappa shape index (κ1) is 12.6. The molecular formula is C11H13N3O3S. The van der Waals surface area contributed by atoms with Crippen molar-refractivity contribution in [2.75, 3.05) is 7.05 Å². The molecule has 1 aromatic heterocycles. The smallest absolute Gasteiger partial charge is 0.260 e. The van der Waals surface area contributed by atoms with Crippen molar-refractivity contribution >= 4 is 10.0 Å². The van der Waals surface area contributed by atoms with Crippen molar-refractivity contribution < 1.29 is 13.5 Å². The van der Waals surface area contributed by atoms with Crippen LogP contribution in [0.15, 0.2) is 41.6 Å². The second-order valence-corrected chi connectivity index (χ2v) is 5.86. The van der Waals surface area contributed by atoms with Gasteiger partial charge in [-0.25, -0.2) is 8.42 Å². The van der Waals surface area contributed by atoms with E-state index in [2.05, 4.69) is 10.2 Å². The number of nitrogens with one attached hydrogen (secondary N) is 1. The lowest BCUT2D eigenvalue weighted by Crippen LogP contribution is -2.26. The molecule has 2 N–H and O–H groups in total. The zero-order valence-corrected chi connectivity index (χ0v) is 10.6. The maximum absolute atomic E-state index is 12.1. The topological polar surface area (TPSA) is 86.3 Å². The molecule has 0 fully saturated rings. The number of hydrogen-bond acceptors (Lipinski definition) is 4. The number of benzene rings is 1. The lowest BCUT2D eigenvalue weighted by Gasteiger charge is -2.15. The summed E-state index contributed by atoms with van der Waals surface area (Å²) >= 11 is 0. The largest absolute Gasteiger partial charge is 0.508 e. The quantitative estimate of drug-likeness (QED) is 0.863. The first-order valence-corrected chi connectivity index (χ1v) is 6.68. The first-order valence-electron chi connectivity index (χ1n) is 5.24. The number of rotatable bonds is 4. The van der Waals surface area contributed by atoms with E-state index in [1.54, 1.807) is 12.1 Å². The minimum absolute atomic E-state index is 0.0591. The van der Waals surface area contributed by atoms with Crippen molar-refractivity contribution in [1.82, 2.24) is 14.5 Å². The molecule has 7 heteroatoms. The molecule has 18 heavy (non-hydrogen) atoms. The van der Waals surface area contributed by atoms with Crippen LogP contribution in [0, 0.1) is 0 Å². The summed E-state index contributed by atoms with van der Waals surface area (Å²) in [4.78, 5) is 0. The van der Waals surface area contributed by atoms with Crippen molar-refractivity contribution in [1.29, 1.82) is 0 Å². The van der Waals surface area contributed by atoms with Gasteiger partial charge >= 0.3 is 0 Å². The van der Waals surface area contributed by atoms with Gasteiger partial charge in [0.05, 0.1) is 6.20 Å². The Balaban J connectivity index is 2.17. The minimum atomic E-state index is -3.55. The summed E-state index contributed by atoms with van der Waals surface area (Å²) in [5.74, 6) is 0.151. The molecule has 0 unspecified atom stereocenters. The van der Waals surface area contributed by atoms with Crippen molar-refractivity contribution in [3.05, 3.63) is 42.1 Å². The number of H-pyrrole nitrogens is 1. The molecule has 0 amide bonds. The summed E-state index contributed by atoms with van der Waals surface area (Å²) in [5, 5.41) is 15.3. The fraction of sp³-hybridized carbons (Fsp3) is 0.182. The Hall–Kier alpha value is -1.86. The number of nitrogens with zero attached hydrogens (tertiary/aromatic N) is 2. The van der Waals surface area contributed by atoms with Crippen LogP contribution in [-0.4, -0.2) is 35.1 Å². The number of aromatic nitrogens is 2. The Labute approximate surface area is 105 Å². The van der Waals surface area contributed by atoms with Gasteiger partial charge in [0.1, 0.15) is 5.75 Å². The van der Waals surface area contributed by atoms with Crippen LogP contribution in [0.2, 0.25) is 0 Å². The zero-order chi connectivity index (χ0) is 13.2. The fourth-order valence-electron chi connectivity index (χ4n) is 1.50. The molecule has 0 aliphatic rings. The van der Waals surface area contributed by atoms with Crippen LogP contribution in [0.5, 0.6) is 5.75 Å². The van der Waals surface area contributed by atoms with Crippen LogP contribution >= 0.6 is 0 Å². The van der Waals surface area contributed by atoms with E-state index < -0.39 is 10.0 Å². The van der Waals surface area contributed by atoms with E-state index in [9.17, 15) is 8.42 Å². The zero-order valence-electron chi connectivity index (χ0n) is 9.74. The molecule has 2 rings (SSSR count). The standard InChI is InChI=1S/C11H13N3O3S/c1-14(8-9-2-4-10(15)5-3-9)18(16,17)11-6-7-12-13-11/h2-7,15H,8H2,1H3,(H,12,13). The Morgan fingerprint density at radius 1 is 1.28 bits per heavy atom. The van der Waals surface area contributed by atoms with Crippen molar-refractivity contribution in [3.63, 3.8) is 0 Å². The third-order valence-corrected chi connectivity index (χ3v) is 4.24. The predicted octanol–water partition coefficient (Wildman–Crippen LogP) is 0.936. The summed E-state index contributed by atoms with van der Waals surface area (Å²) in [5.41, 5.74) is 0.790. The van der Waals surface area contributed by atoms with Gasteiger partial charge in [-0.2, -0.15) is 9.40 Å². The molecule has 1 heterocycles. The molecule has 6 nitrogen and oxygen atoms in total. The molecule has 0 bridgehead atoms. The summed E-state index contributed by atoms with van der Waals surface area (Å²) in [6.07, 6.45) is 1.39. The van der Waals surface area contributed by atoms with Gasteiger partial charge in [-0.3, -0.25) is 5.10 Å². The van der Waals surface area contributed by atoms with Gasteiger partial charge in [0.2, 0.25) is 0 Å². The number of aromatic amines is 1. The monoisotopic (exact) mass is 267 g/mol. The molecule has 2 aromatic rings. The molecule has 0 spiro atoms. The highest BCUT2D eigenvalue weighted by molar-refractivity contribution is 7.89. The maximum atomic E-state index is 12.1. The van der Waals surface area contributed by atoms with E-state index in [-0.39, 0.29) is 17.3 Å². The van der Waals surface area contributed by atoms with Crippen molar-refractivity contribution in [2.24, 2.45) is 0 Å². The minimum Gasteiger partial charge on any atom is -0.508 e. The Bertz CT molecular complexity index is 605. The average Bonchev–Trinajstić information content (AvgIpc) is 2.86. The highest BCUT2D eigenvalue weighted by Gasteiger charge is 2.21. The number of phenolic OH excluding ortho intramolecular Hbond substituents is 1. The molecule has 0 saturated heterocycles. The lowest BCUT2D eigenvalue weighted by molar-refractivity contribution is 0.461. The summed E-state index contributed by atoms with van der Waals surface area (Å²) in [7, 11) is -2.06. The molecule has 0 saturated carbocycles. The second kappa shape index (κ2) is 4.79. The van der Waals surface area contributed by atoms with E-state index in [0.29, 0.717) is 0 Å². The van der Waals surface area contributed by atoms with Crippen LogP contribution < -0.4 is 0 Å². The van der Waals surface area contributed by atoms with Crippen LogP contribution in [0.4, 0.5) is 0 Å². The fourth-order valence-corrected chi connectivity index (χ4v) is 2.55. The van der Waals surface area contributed by atoms with Crippen molar-refractivity contribution in [2.45, 2.75) is 11.6 Å². The van der Waals surface area contributed by atoms with Crippen LogP contribution in [-0.2, 0) is 16.6 Å². The number of sulfonamides is 1. The highest BCUT2D eigenvalue weighted by atomic mass is 32.2. The van der Waals surface area contributed by atoms with E-state index in [1.165, 1.54) is 35.7 Å². The third kappa shape index (κ3) is 2.52. The molecule has 0 radical (unpaired) electrons. The average molecular weight is 267 g/mol. The highest BCUT2D eigenvalue weighted by Crippen LogP contribution is 2.16. The van der Waals surface area contributed by atoms with Crippen molar-refractivity contribution in [3.8, 4) is 5.75 Å². The van der Waals surface area contributed by atoms with Gasteiger partial charge in [0.25, 0.3) is 10.0 Å². The Morgan fingerprint density at radius 2 is 1.94 bits per heavy atom. The van der Waals surface area contributed by atoms with E-state index in [1.807, 2.05) is 0 Å². The normalized spacial score (nSPS) is 11.9. The van der Waals surface area contributed by atoms with E-state index in [0.717, 1.165) is 5.56 Å². The summed E-state index contributed by atoms with van der Waals surface area (Å²) < 4.78 is 25.4. The number of phenols is 1.